The number of carboxylic acids is 1. The molecule has 8 heteroatoms. The van der Waals surface area contributed by atoms with E-state index in [0.717, 1.165) is 16.5 Å². The van der Waals surface area contributed by atoms with E-state index < -0.39 is 35.7 Å². The first-order valence-electron chi connectivity index (χ1n) is 9.43. The number of carbonyl (C=O) groups is 3. The van der Waals surface area contributed by atoms with Crippen molar-refractivity contribution in [1.82, 2.24) is 15.6 Å². The summed E-state index contributed by atoms with van der Waals surface area (Å²) < 4.78 is 13.5. The molecule has 0 aliphatic heterocycles. The number of amides is 2. The van der Waals surface area contributed by atoms with Gasteiger partial charge in [0.05, 0.1) is 0 Å². The highest BCUT2D eigenvalue weighted by atomic mass is 19.1. The van der Waals surface area contributed by atoms with E-state index in [0.29, 0.717) is 5.56 Å². The fourth-order valence-corrected chi connectivity index (χ4v) is 3.35. The molecule has 2 atom stereocenters. The lowest BCUT2D eigenvalue weighted by molar-refractivity contribution is -0.142. The van der Waals surface area contributed by atoms with Crippen molar-refractivity contribution in [3.8, 4) is 0 Å². The van der Waals surface area contributed by atoms with E-state index in [1.807, 2.05) is 24.3 Å². The van der Waals surface area contributed by atoms with Crippen LogP contribution >= 0.6 is 0 Å². The summed E-state index contributed by atoms with van der Waals surface area (Å²) in [6.45, 7) is 1.26. The van der Waals surface area contributed by atoms with Gasteiger partial charge in [-0.2, -0.15) is 0 Å². The van der Waals surface area contributed by atoms with Gasteiger partial charge < -0.3 is 20.7 Å². The first-order chi connectivity index (χ1) is 14.3. The normalized spacial score (nSPS) is 12.9. The van der Waals surface area contributed by atoms with E-state index in [1.54, 1.807) is 12.3 Å². The third-order valence-corrected chi connectivity index (χ3v) is 4.74. The topological polar surface area (TPSA) is 111 Å². The van der Waals surface area contributed by atoms with Gasteiger partial charge in [-0.05, 0) is 29.3 Å². The lowest BCUT2D eigenvalue weighted by Crippen LogP contribution is -2.52. The number of benzene rings is 2. The Kier molecular flexibility index (Phi) is 6.46. The van der Waals surface area contributed by atoms with Gasteiger partial charge in [-0.25, -0.2) is 9.18 Å². The molecule has 4 N–H and O–H groups in total. The third kappa shape index (κ3) is 5.22. The van der Waals surface area contributed by atoms with E-state index in [4.69, 9.17) is 0 Å². The molecule has 0 radical (unpaired) electrons. The van der Waals surface area contributed by atoms with Crippen molar-refractivity contribution in [3.63, 3.8) is 0 Å². The zero-order valence-corrected chi connectivity index (χ0v) is 16.3. The van der Waals surface area contributed by atoms with Crippen LogP contribution in [0, 0.1) is 5.82 Å². The fourth-order valence-electron chi connectivity index (χ4n) is 3.35. The maximum atomic E-state index is 13.5. The molecule has 0 fully saturated rings. The molecule has 2 amide bonds. The van der Waals surface area contributed by atoms with Crippen molar-refractivity contribution in [1.29, 1.82) is 0 Å². The summed E-state index contributed by atoms with van der Waals surface area (Å²) in [5.41, 5.74) is 2.12. The Balaban J connectivity index is 1.76. The van der Waals surface area contributed by atoms with Gasteiger partial charge in [0.25, 0.3) is 0 Å². The monoisotopic (exact) mass is 411 g/mol. The number of aromatic amines is 1. The number of halogens is 1. The van der Waals surface area contributed by atoms with E-state index >= 15 is 0 Å². The number of aliphatic carboxylic acids is 1. The Labute approximate surface area is 172 Å². The SMILES string of the molecule is CC(=O)N[C@@H](Cc1cccc(F)c1)C(=O)N[C@H](Cc1c[nH]c2ccccc12)C(=O)O. The Morgan fingerprint density at radius 2 is 1.80 bits per heavy atom. The van der Waals surface area contributed by atoms with Gasteiger partial charge in [0.2, 0.25) is 11.8 Å². The van der Waals surface area contributed by atoms with Gasteiger partial charge >= 0.3 is 5.97 Å². The molecule has 0 spiro atoms. The number of carbonyl (C=O) groups excluding carboxylic acids is 2. The van der Waals surface area contributed by atoms with Crippen molar-refractivity contribution in [2.75, 3.05) is 0 Å². The molecule has 0 unspecified atom stereocenters. The summed E-state index contributed by atoms with van der Waals surface area (Å²) in [5, 5.41) is 15.5. The van der Waals surface area contributed by atoms with Crippen LogP contribution in [-0.2, 0) is 27.2 Å². The number of nitrogens with one attached hydrogen (secondary N) is 3. The third-order valence-electron chi connectivity index (χ3n) is 4.74. The molecule has 3 aromatic rings. The van der Waals surface area contributed by atoms with Crippen LogP contribution in [0.3, 0.4) is 0 Å². The quantitative estimate of drug-likeness (QED) is 0.455. The molecule has 3 rings (SSSR count). The number of hydrogen-bond acceptors (Lipinski definition) is 3. The van der Waals surface area contributed by atoms with Crippen LogP contribution in [0.2, 0.25) is 0 Å². The Morgan fingerprint density at radius 1 is 1.03 bits per heavy atom. The highest BCUT2D eigenvalue weighted by molar-refractivity contribution is 5.91. The highest BCUT2D eigenvalue weighted by Crippen LogP contribution is 2.19. The Bertz CT molecular complexity index is 1080. The minimum atomic E-state index is -1.19. The van der Waals surface area contributed by atoms with E-state index in [-0.39, 0.29) is 12.8 Å². The largest absolute Gasteiger partial charge is 0.480 e. The molecule has 0 bridgehead atoms. The summed E-state index contributed by atoms with van der Waals surface area (Å²) in [6.07, 6.45) is 1.81. The summed E-state index contributed by atoms with van der Waals surface area (Å²) in [6, 6.07) is 10.9. The Morgan fingerprint density at radius 3 is 2.50 bits per heavy atom. The summed E-state index contributed by atoms with van der Waals surface area (Å²) >= 11 is 0. The number of H-pyrrole nitrogens is 1. The Hall–Kier alpha value is -3.68. The standard InChI is InChI=1S/C22H22FN3O4/c1-13(27)25-19(10-14-5-4-6-16(23)9-14)21(28)26-20(22(29)30)11-15-12-24-18-8-3-2-7-17(15)18/h2-9,12,19-20,24H,10-11H2,1H3,(H,25,27)(H,26,28)(H,29,30)/t19-,20+/m0/s1. The first-order valence-corrected chi connectivity index (χ1v) is 9.43. The second-order valence-corrected chi connectivity index (χ2v) is 7.05. The van der Waals surface area contributed by atoms with E-state index in [1.165, 1.54) is 25.1 Å². The number of carboxylic acid groups (broad SMARTS) is 1. The van der Waals surface area contributed by atoms with Crippen LogP contribution in [0.1, 0.15) is 18.1 Å². The van der Waals surface area contributed by atoms with E-state index in [9.17, 15) is 23.9 Å². The number of hydrogen-bond donors (Lipinski definition) is 4. The average Bonchev–Trinajstić information content (AvgIpc) is 3.09. The molecule has 2 aromatic carbocycles. The van der Waals surface area contributed by atoms with Gasteiger partial charge in [-0.15, -0.1) is 0 Å². The van der Waals surface area contributed by atoms with Gasteiger partial charge in [0, 0.05) is 36.9 Å². The second-order valence-electron chi connectivity index (χ2n) is 7.05. The maximum Gasteiger partial charge on any atom is 0.326 e. The summed E-state index contributed by atoms with van der Waals surface area (Å²) in [5.74, 6) is -2.75. The van der Waals surface area contributed by atoms with Crippen molar-refractivity contribution < 1.29 is 23.9 Å². The van der Waals surface area contributed by atoms with Crippen LogP contribution in [0.15, 0.2) is 54.7 Å². The molecule has 156 valence electrons. The number of aromatic nitrogens is 1. The maximum absolute atomic E-state index is 13.5. The summed E-state index contributed by atoms with van der Waals surface area (Å²) in [4.78, 5) is 39.2. The average molecular weight is 411 g/mol. The molecular formula is C22H22FN3O4. The lowest BCUT2D eigenvalue weighted by atomic mass is 10.0. The van der Waals surface area contributed by atoms with Gasteiger partial charge in [-0.3, -0.25) is 9.59 Å². The van der Waals surface area contributed by atoms with Crippen molar-refractivity contribution in [2.24, 2.45) is 0 Å². The predicted molar refractivity (Wildman–Crippen MR) is 109 cm³/mol. The zero-order chi connectivity index (χ0) is 21.7. The molecule has 0 aliphatic carbocycles. The minimum absolute atomic E-state index is 0.0304. The predicted octanol–water partition coefficient (Wildman–Crippen LogP) is 2.17. The van der Waals surface area contributed by atoms with E-state index in [2.05, 4.69) is 15.6 Å². The van der Waals surface area contributed by atoms with Crippen LogP contribution in [0.5, 0.6) is 0 Å². The van der Waals surface area contributed by atoms with Crippen LogP contribution in [0.4, 0.5) is 4.39 Å². The number of rotatable bonds is 8. The second kappa shape index (κ2) is 9.21. The lowest BCUT2D eigenvalue weighted by Gasteiger charge is -2.21. The van der Waals surface area contributed by atoms with Gasteiger partial charge in [0.1, 0.15) is 17.9 Å². The van der Waals surface area contributed by atoms with Gasteiger partial charge in [-0.1, -0.05) is 30.3 Å². The molecule has 7 nitrogen and oxygen atoms in total. The molecular weight excluding hydrogens is 389 g/mol. The molecule has 0 saturated heterocycles. The van der Waals surface area contributed by atoms with Crippen LogP contribution in [0.25, 0.3) is 10.9 Å². The first kappa shape index (κ1) is 21.0. The molecule has 30 heavy (non-hydrogen) atoms. The smallest absolute Gasteiger partial charge is 0.326 e. The number of para-hydroxylation sites is 1. The van der Waals surface area contributed by atoms with Crippen molar-refractivity contribution >= 4 is 28.7 Å². The van der Waals surface area contributed by atoms with Gasteiger partial charge in [0.15, 0.2) is 0 Å². The van der Waals surface area contributed by atoms with Crippen LogP contribution in [-0.4, -0.2) is 40.0 Å². The number of fused-ring (bicyclic) bond motifs is 1. The molecule has 0 saturated carbocycles. The highest BCUT2D eigenvalue weighted by Gasteiger charge is 2.27. The summed E-state index contributed by atoms with van der Waals surface area (Å²) in [7, 11) is 0. The minimum Gasteiger partial charge on any atom is -0.480 e. The van der Waals surface area contributed by atoms with Crippen LogP contribution < -0.4 is 10.6 Å². The van der Waals surface area contributed by atoms with Crippen molar-refractivity contribution in [2.45, 2.75) is 31.8 Å². The molecule has 1 heterocycles. The fraction of sp³-hybridized carbons (Fsp3) is 0.227. The zero-order valence-electron chi connectivity index (χ0n) is 16.3. The molecule has 1 aromatic heterocycles. The molecule has 0 aliphatic rings. The van der Waals surface area contributed by atoms with Crippen molar-refractivity contribution in [3.05, 3.63) is 71.7 Å².